The fourth-order valence-corrected chi connectivity index (χ4v) is 6.29. The van der Waals surface area contributed by atoms with Crippen molar-refractivity contribution in [2.24, 2.45) is 0 Å². The Morgan fingerprint density at radius 2 is 0.806 bits per heavy atom. The van der Waals surface area contributed by atoms with Gasteiger partial charge in [-0.15, -0.1) is 0 Å². The van der Waals surface area contributed by atoms with Crippen molar-refractivity contribution in [3.8, 4) is 17.2 Å². The normalized spacial score (nSPS) is 12.6. The molecule has 0 aromatic heterocycles. The van der Waals surface area contributed by atoms with Crippen molar-refractivity contribution >= 4 is 13.0 Å². The Bertz CT molecular complexity index is 1770. The van der Waals surface area contributed by atoms with Gasteiger partial charge in [0.15, 0.2) is 11.4 Å². The number of hydrogen-bond acceptors (Lipinski definition) is 3. The fourth-order valence-electron chi connectivity index (χ4n) is 6.29. The van der Waals surface area contributed by atoms with E-state index in [4.69, 9.17) is 14.0 Å². The summed E-state index contributed by atoms with van der Waals surface area (Å²) in [5.74, 6) is -0.324. The largest absolute Gasteiger partial charge is 0.864 e. The molecule has 1 N–H and O–H groups in total. The Labute approximate surface area is 355 Å². The third-order valence-electron chi connectivity index (χ3n) is 9.70. The second-order valence-electron chi connectivity index (χ2n) is 14.7. The lowest BCUT2D eigenvalue weighted by Crippen LogP contribution is -3.07. The molecule has 342 valence electrons. The van der Waals surface area contributed by atoms with Gasteiger partial charge in [-0.2, -0.15) is 83.0 Å². The quantitative estimate of drug-likeness (QED) is 0.0369. The predicted molar refractivity (Wildman–Crippen MR) is 214 cm³/mol. The van der Waals surface area contributed by atoms with E-state index in [0.717, 1.165) is 122 Å². The number of halogens is 12. The first kappa shape index (κ1) is 51.8. The third-order valence-corrected chi connectivity index (χ3v) is 9.70. The minimum atomic E-state index is -4.66. The lowest BCUT2D eigenvalue weighted by atomic mass is 10.1. The third kappa shape index (κ3) is 18.8. The maximum atomic E-state index is 14.0. The molecule has 1 atom stereocenters. The van der Waals surface area contributed by atoms with Crippen molar-refractivity contribution in [2.45, 2.75) is 122 Å². The van der Waals surface area contributed by atoms with Gasteiger partial charge in [0.2, 0.25) is 0 Å². The number of hydrogen-bond donors (Lipinski definition) is 1. The summed E-state index contributed by atoms with van der Waals surface area (Å²) < 4.78 is 174. The van der Waals surface area contributed by atoms with Gasteiger partial charge in [-0.1, -0.05) is 83.6 Å². The van der Waals surface area contributed by atoms with E-state index in [0.29, 0.717) is 19.5 Å². The number of alkyl halides is 12. The second-order valence-corrected chi connectivity index (χ2v) is 14.7. The van der Waals surface area contributed by atoms with Crippen LogP contribution in [0.15, 0.2) is 91.0 Å². The predicted octanol–water partition coefficient (Wildman–Crippen LogP) is 14.4. The van der Waals surface area contributed by atoms with Crippen molar-refractivity contribution in [3.05, 3.63) is 119 Å². The Kier molecular flexibility index (Phi) is 20.8. The van der Waals surface area contributed by atoms with Crippen LogP contribution in [0.1, 0.15) is 120 Å². The summed E-state index contributed by atoms with van der Waals surface area (Å²) in [4.78, 5) is 0.738. The average Bonchev–Trinajstić information content (AvgIpc) is 3.21. The van der Waals surface area contributed by atoms with Crippen molar-refractivity contribution in [3.63, 3.8) is 0 Å². The SMILES string of the molecule is CCCCCCCCCCCCC[NH+](CCCC)c1cc(C(F)(F)F)ccc1OB(Oc1ccc(C(F)(F)F)cc1)Oc1ccc(C(F)(F)F)cc1.FC(F)(F)c1cc[c-]cc1. The van der Waals surface area contributed by atoms with Gasteiger partial charge in [0.1, 0.15) is 11.5 Å². The first-order valence-corrected chi connectivity index (χ1v) is 20.7. The molecular weight excluding hydrogens is 841 g/mol. The first-order valence-electron chi connectivity index (χ1n) is 20.7. The smallest absolute Gasteiger partial charge is 0.490 e. The van der Waals surface area contributed by atoms with Crippen LogP contribution in [-0.2, 0) is 24.7 Å². The molecule has 0 spiro atoms. The summed E-state index contributed by atoms with van der Waals surface area (Å²) in [6, 6.07) is 17.0. The second kappa shape index (κ2) is 24.9. The number of rotatable bonds is 22. The molecule has 0 heterocycles. The van der Waals surface area contributed by atoms with E-state index >= 15 is 0 Å². The zero-order valence-electron chi connectivity index (χ0n) is 34.6. The number of benzene rings is 4. The summed E-state index contributed by atoms with van der Waals surface area (Å²) in [7, 11) is -1.81. The van der Waals surface area contributed by atoms with Gasteiger partial charge in [0.25, 0.3) is 0 Å². The molecule has 0 aliphatic carbocycles. The molecule has 4 aromatic rings. The summed E-state index contributed by atoms with van der Waals surface area (Å²) in [5.41, 5.74) is -3.25. The van der Waals surface area contributed by atoms with Gasteiger partial charge >= 0.3 is 32.0 Å². The molecule has 17 heteroatoms. The molecule has 0 aliphatic heterocycles. The highest BCUT2D eigenvalue weighted by Crippen LogP contribution is 2.36. The fraction of sp³-hybridized carbons (Fsp3) is 0.467. The average molecular weight is 894 g/mol. The monoisotopic (exact) mass is 893 g/mol. The molecule has 0 aliphatic rings. The summed E-state index contributed by atoms with van der Waals surface area (Å²) in [5, 5.41) is 0. The van der Waals surface area contributed by atoms with E-state index in [1.807, 2.05) is 6.92 Å². The molecule has 0 saturated heterocycles. The lowest BCUT2D eigenvalue weighted by molar-refractivity contribution is -0.833. The Hall–Kier alpha value is -4.54. The van der Waals surface area contributed by atoms with Crippen LogP contribution in [0.4, 0.5) is 58.4 Å². The zero-order valence-corrected chi connectivity index (χ0v) is 34.6. The highest BCUT2D eigenvalue weighted by molar-refractivity contribution is 6.39. The molecule has 0 fully saturated rings. The van der Waals surface area contributed by atoms with Crippen LogP contribution in [0.25, 0.3) is 0 Å². The number of quaternary nitrogens is 1. The molecular formula is C45H52BF12NO3. The molecule has 1 unspecified atom stereocenters. The van der Waals surface area contributed by atoms with Crippen molar-refractivity contribution in [1.29, 1.82) is 0 Å². The zero-order chi connectivity index (χ0) is 45.8. The van der Waals surface area contributed by atoms with Gasteiger partial charge in [0, 0.05) is 6.07 Å². The Morgan fingerprint density at radius 1 is 0.435 bits per heavy atom. The Morgan fingerprint density at radius 3 is 1.21 bits per heavy atom. The minimum Gasteiger partial charge on any atom is -0.490 e. The van der Waals surface area contributed by atoms with Crippen LogP contribution >= 0.6 is 0 Å². The molecule has 4 aromatic carbocycles. The van der Waals surface area contributed by atoms with Crippen LogP contribution < -0.4 is 18.9 Å². The van der Waals surface area contributed by atoms with Gasteiger partial charge in [-0.3, -0.25) is 4.90 Å². The molecule has 0 saturated carbocycles. The van der Waals surface area contributed by atoms with Gasteiger partial charge in [-0.05, 0) is 79.9 Å². The van der Waals surface area contributed by atoms with Crippen LogP contribution in [0.5, 0.6) is 17.2 Å². The maximum absolute atomic E-state index is 14.0. The van der Waals surface area contributed by atoms with E-state index in [9.17, 15) is 52.7 Å². The van der Waals surface area contributed by atoms with Gasteiger partial charge in [-0.25, -0.2) is 0 Å². The van der Waals surface area contributed by atoms with E-state index in [1.165, 1.54) is 50.7 Å². The molecule has 0 radical (unpaired) electrons. The maximum Gasteiger partial charge on any atom is 0.864 e. The van der Waals surface area contributed by atoms with Gasteiger partial charge < -0.3 is 14.0 Å². The van der Waals surface area contributed by atoms with Crippen molar-refractivity contribution in [1.82, 2.24) is 0 Å². The summed E-state index contributed by atoms with van der Waals surface area (Å²) in [6.45, 7) is 5.16. The number of nitrogens with one attached hydrogen (secondary N) is 1. The Balaban J connectivity index is 0.000000895. The topological polar surface area (TPSA) is 32.1 Å². The minimum absolute atomic E-state index is 0.0361. The van der Waals surface area contributed by atoms with E-state index in [1.54, 1.807) is 0 Å². The van der Waals surface area contributed by atoms with E-state index in [2.05, 4.69) is 13.0 Å². The molecule has 0 bridgehead atoms. The highest BCUT2D eigenvalue weighted by Gasteiger charge is 2.38. The number of unbranched alkanes of at least 4 members (excludes halogenated alkanes) is 11. The molecule has 4 nitrogen and oxygen atoms in total. The lowest BCUT2D eigenvalue weighted by Gasteiger charge is -2.24. The summed E-state index contributed by atoms with van der Waals surface area (Å²) >= 11 is 0. The van der Waals surface area contributed by atoms with Crippen molar-refractivity contribution in [2.75, 3.05) is 13.1 Å². The first-order chi connectivity index (χ1) is 29.2. The standard InChI is InChI=1S/C38H47BF9NO3.C7H4F3/c1-3-5-7-8-9-10-11-12-13-14-15-27-49(26-6-4-2)34-28-31(38(46,47)48)20-25-35(34)52-39(50-32-21-16-29(17-22-32)36(40,41)42)51-33-23-18-30(19-24-33)37(43,44)45;8-7(9,10)6-4-2-1-3-5-6/h16-25,28H,3-15,26-27H2,1-2H3;2-5H/q;-1/p+1. The van der Waals surface area contributed by atoms with E-state index in [-0.39, 0.29) is 22.9 Å². The van der Waals surface area contributed by atoms with Crippen molar-refractivity contribution < 1.29 is 71.5 Å². The molecule has 4 rings (SSSR count). The van der Waals surface area contributed by atoms with Crippen LogP contribution in [0.2, 0.25) is 0 Å². The molecule has 0 amide bonds. The van der Waals surface area contributed by atoms with Gasteiger partial charge in [0.05, 0.1) is 29.8 Å². The van der Waals surface area contributed by atoms with Crippen LogP contribution in [0.3, 0.4) is 0 Å². The summed E-state index contributed by atoms with van der Waals surface area (Å²) in [6.07, 6.45) is -4.39. The highest BCUT2D eigenvalue weighted by atomic mass is 19.4. The van der Waals surface area contributed by atoms with Crippen LogP contribution in [0, 0.1) is 6.07 Å². The van der Waals surface area contributed by atoms with Crippen LogP contribution in [-0.4, -0.2) is 20.4 Å². The van der Waals surface area contributed by atoms with E-state index < -0.39 is 54.3 Å². The molecule has 62 heavy (non-hydrogen) atoms.